The molecule has 8 nitrogen and oxygen atoms in total. The first-order valence-corrected chi connectivity index (χ1v) is 9.66. The maximum Gasteiger partial charge on any atom is 0.362 e. The van der Waals surface area contributed by atoms with E-state index >= 15 is 0 Å². The van der Waals surface area contributed by atoms with Crippen LogP contribution in [0.5, 0.6) is 0 Å². The lowest BCUT2D eigenvalue weighted by molar-refractivity contribution is 0.250. The van der Waals surface area contributed by atoms with E-state index in [4.69, 9.17) is 9.05 Å². The van der Waals surface area contributed by atoms with Crippen LogP contribution in [0.2, 0.25) is 0 Å². The van der Waals surface area contributed by atoms with Crippen molar-refractivity contribution in [3.05, 3.63) is 23.9 Å². The van der Waals surface area contributed by atoms with Gasteiger partial charge in [-0.25, -0.2) is 4.98 Å². The van der Waals surface area contributed by atoms with E-state index in [1.54, 1.807) is 19.1 Å². The largest absolute Gasteiger partial charge is 0.362 e. The zero-order valence-corrected chi connectivity index (χ0v) is 13.9. The van der Waals surface area contributed by atoms with Gasteiger partial charge < -0.3 is 24.2 Å². The molecule has 3 N–H and O–H groups in total. The molecule has 1 rings (SSSR count). The molecule has 1 aromatic rings. The highest BCUT2D eigenvalue weighted by Crippen LogP contribution is 2.65. The van der Waals surface area contributed by atoms with Crippen LogP contribution in [-0.4, -0.2) is 33.5 Å². The molecule has 0 fully saturated rings. The highest BCUT2D eigenvalue weighted by atomic mass is 31.2. The van der Waals surface area contributed by atoms with Crippen LogP contribution in [0.15, 0.2) is 18.3 Å². The summed E-state index contributed by atoms with van der Waals surface area (Å²) in [5, 5.41) is 2.51. The number of hydrogen-bond acceptors (Lipinski definition) is 6. The van der Waals surface area contributed by atoms with Crippen LogP contribution in [0, 0.1) is 6.92 Å². The van der Waals surface area contributed by atoms with Crippen molar-refractivity contribution in [1.82, 2.24) is 4.98 Å². The van der Waals surface area contributed by atoms with Gasteiger partial charge in [-0.2, -0.15) is 0 Å². The van der Waals surface area contributed by atoms with E-state index in [-0.39, 0.29) is 19.0 Å². The molecule has 0 aliphatic heterocycles. The van der Waals surface area contributed by atoms with E-state index < -0.39 is 20.7 Å². The van der Waals surface area contributed by atoms with Crippen LogP contribution in [0.25, 0.3) is 0 Å². The van der Waals surface area contributed by atoms with Gasteiger partial charge in [0.25, 0.3) is 0 Å². The molecule has 10 heteroatoms. The fraction of sp³-hybridized carbons (Fsp3) is 0.545. The van der Waals surface area contributed by atoms with Crippen molar-refractivity contribution in [2.75, 3.05) is 18.5 Å². The average Bonchev–Trinajstić information content (AvgIpc) is 2.37. The lowest BCUT2D eigenvalue weighted by Crippen LogP contribution is -2.23. The predicted octanol–water partition coefficient (Wildman–Crippen LogP) is 2.53. The molecule has 0 saturated heterocycles. The molecule has 0 bridgehead atoms. The minimum atomic E-state index is -4.43. The van der Waals surface area contributed by atoms with Crippen LogP contribution in [-0.2, 0) is 18.2 Å². The minimum Gasteiger partial charge on any atom is -0.346 e. The summed E-state index contributed by atoms with van der Waals surface area (Å²) in [5.41, 5.74) is -1.16. The monoisotopic (exact) mass is 338 g/mol. The fourth-order valence-electron chi connectivity index (χ4n) is 1.62. The number of aromatic nitrogens is 1. The van der Waals surface area contributed by atoms with Crippen molar-refractivity contribution in [1.29, 1.82) is 0 Å². The molecule has 0 spiro atoms. The van der Waals surface area contributed by atoms with E-state index in [1.165, 1.54) is 20.0 Å². The molecular formula is C11H20N2O6P2. The van der Waals surface area contributed by atoms with Crippen molar-refractivity contribution in [2.24, 2.45) is 0 Å². The molecule has 2 atom stereocenters. The number of anilines is 1. The summed E-state index contributed by atoms with van der Waals surface area (Å²) < 4.78 is 33.9. The molecule has 1 aromatic heterocycles. The Kier molecular flexibility index (Phi) is 6.53. The van der Waals surface area contributed by atoms with Gasteiger partial charge in [0.05, 0.1) is 13.2 Å². The Balaban J connectivity index is 3.17. The molecule has 120 valence electrons. The quantitative estimate of drug-likeness (QED) is 0.619. The first kappa shape index (κ1) is 18.3. The Hall–Kier alpha value is -0.750. The van der Waals surface area contributed by atoms with Gasteiger partial charge in [-0.3, -0.25) is 9.13 Å². The number of aryl methyl sites for hydroxylation is 1. The van der Waals surface area contributed by atoms with E-state index in [1.807, 2.05) is 0 Å². The maximum absolute atomic E-state index is 12.2. The van der Waals surface area contributed by atoms with Gasteiger partial charge in [-0.1, -0.05) is 6.07 Å². The van der Waals surface area contributed by atoms with Gasteiger partial charge in [-0.05, 0) is 32.4 Å². The summed E-state index contributed by atoms with van der Waals surface area (Å²) in [6.07, 6.45) is 1.46. The second-order valence-electron chi connectivity index (χ2n) is 4.15. The normalized spacial score (nSPS) is 18.5. The first-order chi connectivity index (χ1) is 9.74. The number of pyridine rings is 1. The minimum absolute atomic E-state index is 0.0840. The first-order valence-electron chi connectivity index (χ1n) is 6.36. The van der Waals surface area contributed by atoms with E-state index in [2.05, 4.69) is 10.3 Å². The third kappa shape index (κ3) is 4.88. The molecule has 0 saturated carbocycles. The summed E-state index contributed by atoms with van der Waals surface area (Å²) in [5.74, 6) is 0.213. The van der Waals surface area contributed by atoms with Crippen LogP contribution >= 0.6 is 15.2 Å². The third-order valence-electron chi connectivity index (χ3n) is 2.52. The Bertz CT molecular complexity index is 541. The molecule has 0 aromatic carbocycles. The Morgan fingerprint density at radius 1 is 1.24 bits per heavy atom. The van der Waals surface area contributed by atoms with Crippen LogP contribution in [0.4, 0.5) is 5.82 Å². The van der Waals surface area contributed by atoms with Gasteiger partial charge in [0.2, 0.25) is 5.52 Å². The lowest BCUT2D eigenvalue weighted by Gasteiger charge is -2.27. The Labute approximate surface area is 123 Å². The number of rotatable bonds is 8. The van der Waals surface area contributed by atoms with E-state index in [0.717, 1.165) is 0 Å². The van der Waals surface area contributed by atoms with Crippen molar-refractivity contribution < 1.29 is 28.0 Å². The van der Waals surface area contributed by atoms with Crippen LogP contribution in [0.1, 0.15) is 19.4 Å². The van der Waals surface area contributed by atoms with E-state index in [9.17, 15) is 18.9 Å². The average molecular weight is 338 g/mol. The SMILES string of the molecule is CCOP(=O)(O)C(Nc1ncccc1C)P(=O)(O)OCC. The molecular weight excluding hydrogens is 318 g/mol. The molecule has 0 aliphatic carbocycles. The van der Waals surface area contributed by atoms with Gasteiger partial charge >= 0.3 is 15.2 Å². The molecule has 1 heterocycles. The summed E-state index contributed by atoms with van der Waals surface area (Å²) in [6.45, 7) is 4.56. The Morgan fingerprint density at radius 2 is 1.76 bits per heavy atom. The summed E-state index contributed by atoms with van der Waals surface area (Å²) in [7, 11) is -8.86. The highest BCUT2D eigenvalue weighted by Gasteiger charge is 2.47. The second-order valence-corrected chi connectivity index (χ2v) is 8.36. The van der Waals surface area contributed by atoms with Gasteiger partial charge in [0, 0.05) is 6.20 Å². The predicted molar refractivity (Wildman–Crippen MR) is 79.3 cm³/mol. The summed E-state index contributed by atoms with van der Waals surface area (Å²) >= 11 is 0. The zero-order valence-electron chi connectivity index (χ0n) is 12.1. The van der Waals surface area contributed by atoms with Gasteiger partial charge in [0.15, 0.2) is 0 Å². The van der Waals surface area contributed by atoms with Crippen molar-refractivity contribution in [3.63, 3.8) is 0 Å². The second kappa shape index (κ2) is 7.49. The molecule has 21 heavy (non-hydrogen) atoms. The Morgan fingerprint density at radius 3 is 2.19 bits per heavy atom. The number of nitrogens with zero attached hydrogens (tertiary/aromatic N) is 1. The van der Waals surface area contributed by atoms with Crippen LogP contribution < -0.4 is 5.32 Å². The van der Waals surface area contributed by atoms with Crippen molar-refractivity contribution in [3.8, 4) is 0 Å². The summed E-state index contributed by atoms with van der Waals surface area (Å²) in [4.78, 5) is 23.8. The number of hydrogen-bond donors (Lipinski definition) is 3. The zero-order chi connectivity index (χ0) is 16.1. The maximum atomic E-state index is 12.2. The van der Waals surface area contributed by atoms with Crippen molar-refractivity contribution in [2.45, 2.75) is 26.3 Å². The molecule has 2 unspecified atom stereocenters. The summed E-state index contributed by atoms with van der Waals surface area (Å²) in [6, 6.07) is 3.38. The third-order valence-corrected chi connectivity index (χ3v) is 7.02. The van der Waals surface area contributed by atoms with E-state index in [0.29, 0.717) is 5.56 Å². The fourth-order valence-corrected chi connectivity index (χ4v) is 5.09. The van der Waals surface area contributed by atoms with Crippen molar-refractivity contribution >= 4 is 21.0 Å². The molecule has 0 radical (unpaired) electrons. The standard InChI is InChI=1S/C11H20N2O6P2/c1-4-18-20(14,15)11(21(16,17)19-5-2)13-10-9(3)7-6-8-12-10/h6-8,11H,4-5H2,1-3H3,(H,12,13)(H,14,15)(H,16,17). The topological polar surface area (TPSA) is 118 Å². The van der Waals surface area contributed by atoms with Crippen LogP contribution in [0.3, 0.4) is 0 Å². The van der Waals surface area contributed by atoms with Gasteiger partial charge in [-0.15, -0.1) is 0 Å². The highest BCUT2D eigenvalue weighted by molar-refractivity contribution is 7.72. The lowest BCUT2D eigenvalue weighted by atomic mass is 10.3. The van der Waals surface area contributed by atoms with Gasteiger partial charge in [0.1, 0.15) is 5.82 Å². The smallest absolute Gasteiger partial charge is 0.346 e. The molecule has 0 aliphatic rings. The number of nitrogens with one attached hydrogen (secondary N) is 1. The molecule has 0 amide bonds.